The van der Waals surface area contributed by atoms with Crippen LogP contribution in [0.2, 0.25) is 0 Å². The summed E-state index contributed by atoms with van der Waals surface area (Å²) >= 11 is 0. The zero-order chi connectivity index (χ0) is 10.3. The molecule has 0 bridgehead atoms. The lowest BCUT2D eigenvalue weighted by atomic mass is 10.00. The molecule has 0 heterocycles. The maximum atomic E-state index is 12.1. The molecule has 1 saturated carbocycles. The van der Waals surface area contributed by atoms with E-state index in [4.69, 9.17) is 10.2 Å². The number of hydrogen-bond donors (Lipinski definition) is 2. The first kappa shape index (κ1) is 10.3. The molecule has 76 valence electrons. The zero-order valence-electron chi connectivity index (χ0n) is 6.64. The van der Waals surface area contributed by atoms with Crippen LogP contribution in [0.1, 0.15) is 19.3 Å². The second-order valence-electron chi connectivity index (χ2n) is 3.31. The van der Waals surface area contributed by atoms with Crippen LogP contribution >= 0.6 is 0 Å². The lowest BCUT2D eigenvalue weighted by molar-refractivity contribution is -0.258. The van der Waals surface area contributed by atoms with E-state index in [1.165, 1.54) is 0 Å². The van der Waals surface area contributed by atoms with Crippen molar-refractivity contribution in [3.05, 3.63) is 0 Å². The van der Waals surface area contributed by atoms with Crippen LogP contribution in [0.4, 0.5) is 13.2 Å². The summed E-state index contributed by atoms with van der Waals surface area (Å²) in [6.07, 6.45) is -6.10. The molecule has 0 aromatic rings. The van der Waals surface area contributed by atoms with Crippen LogP contribution in [-0.2, 0) is 4.79 Å². The van der Waals surface area contributed by atoms with Crippen molar-refractivity contribution >= 4 is 5.97 Å². The minimum Gasteiger partial charge on any atom is -0.481 e. The van der Waals surface area contributed by atoms with E-state index in [1.807, 2.05) is 0 Å². The average Bonchev–Trinajstić information content (AvgIpc) is 2.31. The number of hydrogen-bond acceptors (Lipinski definition) is 2. The molecule has 2 N–H and O–H groups in total. The summed E-state index contributed by atoms with van der Waals surface area (Å²) in [4.78, 5) is 10.3. The molecule has 0 aromatic carbocycles. The van der Waals surface area contributed by atoms with Gasteiger partial charge in [-0.3, -0.25) is 4.79 Å². The maximum Gasteiger partial charge on any atom is 0.417 e. The van der Waals surface area contributed by atoms with Crippen LogP contribution in [0, 0.1) is 5.92 Å². The first-order chi connectivity index (χ1) is 5.76. The Labute approximate surface area is 72.2 Å². The molecule has 1 fully saturated rings. The quantitative estimate of drug-likeness (QED) is 0.664. The standard InChI is InChI=1S/C7H9F3O3/c8-7(9,10)6(13)2-1-4(3-6)5(11)12/h4,13H,1-3H2,(H,11,12)/t4-,6?/m1/s1. The predicted octanol–water partition coefficient (Wildman–Crippen LogP) is 1.16. The van der Waals surface area contributed by atoms with Crippen molar-refractivity contribution in [3.8, 4) is 0 Å². The summed E-state index contributed by atoms with van der Waals surface area (Å²) in [5, 5.41) is 17.5. The van der Waals surface area contributed by atoms with Gasteiger partial charge in [-0.15, -0.1) is 0 Å². The van der Waals surface area contributed by atoms with Crippen LogP contribution in [-0.4, -0.2) is 28.0 Å². The number of aliphatic carboxylic acids is 1. The van der Waals surface area contributed by atoms with Gasteiger partial charge in [0.2, 0.25) is 0 Å². The van der Waals surface area contributed by atoms with E-state index in [0.717, 1.165) is 0 Å². The normalized spacial score (nSPS) is 34.9. The molecule has 0 aliphatic heterocycles. The van der Waals surface area contributed by atoms with Gasteiger partial charge in [0.25, 0.3) is 0 Å². The molecule has 0 spiro atoms. The Morgan fingerprint density at radius 3 is 2.23 bits per heavy atom. The molecular weight excluding hydrogens is 189 g/mol. The minimum absolute atomic E-state index is 0.120. The monoisotopic (exact) mass is 198 g/mol. The molecule has 1 aliphatic rings. The summed E-state index contributed by atoms with van der Waals surface area (Å²) < 4.78 is 36.4. The van der Waals surface area contributed by atoms with Crippen molar-refractivity contribution in [1.29, 1.82) is 0 Å². The number of rotatable bonds is 1. The van der Waals surface area contributed by atoms with Crippen molar-refractivity contribution in [2.75, 3.05) is 0 Å². The maximum absolute atomic E-state index is 12.1. The predicted molar refractivity (Wildman–Crippen MR) is 36.0 cm³/mol. The van der Waals surface area contributed by atoms with Gasteiger partial charge in [-0.05, 0) is 19.3 Å². The van der Waals surface area contributed by atoms with Gasteiger partial charge in [-0.25, -0.2) is 0 Å². The molecule has 0 radical (unpaired) electrons. The molecule has 13 heavy (non-hydrogen) atoms. The van der Waals surface area contributed by atoms with E-state index < -0.39 is 36.5 Å². The molecule has 1 aliphatic carbocycles. The highest BCUT2D eigenvalue weighted by molar-refractivity contribution is 5.70. The van der Waals surface area contributed by atoms with Gasteiger partial charge >= 0.3 is 12.1 Å². The number of aliphatic hydroxyl groups is 1. The molecule has 2 atom stereocenters. The van der Waals surface area contributed by atoms with E-state index in [9.17, 15) is 18.0 Å². The zero-order valence-corrected chi connectivity index (χ0v) is 6.64. The van der Waals surface area contributed by atoms with Crippen molar-refractivity contribution in [3.63, 3.8) is 0 Å². The molecule has 0 aromatic heterocycles. The highest BCUT2D eigenvalue weighted by Crippen LogP contribution is 2.45. The topological polar surface area (TPSA) is 57.5 Å². The minimum atomic E-state index is -4.72. The molecule has 3 nitrogen and oxygen atoms in total. The van der Waals surface area contributed by atoms with E-state index >= 15 is 0 Å². The third-order valence-electron chi connectivity index (χ3n) is 2.37. The molecule has 0 amide bonds. The second kappa shape index (κ2) is 2.87. The largest absolute Gasteiger partial charge is 0.481 e. The fourth-order valence-electron chi connectivity index (χ4n) is 1.49. The Hall–Kier alpha value is -0.780. The Bertz CT molecular complexity index is 226. The van der Waals surface area contributed by atoms with Crippen LogP contribution in [0.3, 0.4) is 0 Å². The van der Waals surface area contributed by atoms with Crippen molar-refractivity contribution in [1.82, 2.24) is 0 Å². The van der Waals surface area contributed by atoms with Gasteiger partial charge in [0, 0.05) is 0 Å². The highest BCUT2D eigenvalue weighted by Gasteiger charge is 2.58. The van der Waals surface area contributed by atoms with Crippen LogP contribution in [0.15, 0.2) is 0 Å². The molecule has 0 saturated heterocycles. The van der Waals surface area contributed by atoms with Crippen LogP contribution < -0.4 is 0 Å². The number of carboxylic acids is 1. The highest BCUT2D eigenvalue weighted by atomic mass is 19.4. The van der Waals surface area contributed by atoms with Crippen LogP contribution in [0.25, 0.3) is 0 Å². The molecule has 1 unspecified atom stereocenters. The summed E-state index contributed by atoms with van der Waals surface area (Å²) in [6.45, 7) is 0. The molecular formula is C7H9F3O3. The summed E-state index contributed by atoms with van der Waals surface area (Å²) in [5.74, 6) is -2.35. The average molecular weight is 198 g/mol. The first-order valence-corrected chi connectivity index (χ1v) is 3.78. The molecule has 6 heteroatoms. The lowest BCUT2D eigenvalue weighted by Crippen LogP contribution is -2.43. The van der Waals surface area contributed by atoms with Gasteiger partial charge in [-0.2, -0.15) is 13.2 Å². The fourth-order valence-corrected chi connectivity index (χ4v) is 1.49. The van der Waals surface area contributed by atoms with Gasteiger partial charge in [0.1, 0.15) is 0 Å². The summed E-state index contributed by atoms with van der Waals surface area (Å²) in [5.41, 5.74) is -2.80. The van der Waals surface area contributed by atoms with E-state index in [0.29, 0.717) is 0 Å². The Balaban J connectivity index is 2.72. The van der Waals surface area contributed by atoms with E-state index in [2.05, 4.69) is 0 Å². The second-order valence-corrected chi connectivity index (χ2v) is 3.31. The Kier molecular flexibility index (Phi) is 2.27. The number of alkyl halides is 3. The number of carbonyl (C=O) groups is 1. The first-order valence-electron chi connectivity index (χ1n) is 3.78. The van der Waals surface area contributed by atoms with E-state index in [1.54, 1.807) is 0 Å². The smallest absolute Gasteiger partial charge is 0.417 e. The lowest BCUT2D eigenvalue weighted by Gasteiger charge is -2.25. The van der Waals surface area contributed by atoms with E-state index in [-0.39, 0.29) is 6.42 Å². The SMILES string of the molecule is O=C(O)[C@@H]1CCC(O)(C(F)(F)F)C1. The van der Waals surface area contributed by atoms with Crippen molar-refractivity contribution in [2.45, 2.75) is 31.0 Å². The van der Waals surface area contributed by atoms with Crippen molar-refractivity contribution < 1.29 is 28.2 Å². The number of halogens is 3. The Morgan fingerprint density at radius 1 is 1.46 bits per heavy atom. The van der Waals surface area contributed by atoms with Gasteiger partial charge in [0.05, 0.1) is 5.92 Å². The van der Waals surface area contributed by atoms with Crippen molar-refractivity contribution in [2.24, 2.45) is 5.92 Å². The summed E-state index contributed by atoms with van der Waals surface area (Å²) in [6, 6.07) is 0. The number of carboxylic acid groups (broad SMARTS) is 1. The fraction of sp³-hybridized carbons (Fsp3) is 0.857. The van der Waals surface area contributed by atoms with Crippen LogP contribution in [0.5, 0.6) is 0 Å². The molecule has 1 rings (SSSR count). The van der Waals surface area contributed by atoms with Gasteiger partial charge < -0.3 is 10.2 Å². The third-order valence-corrected chi connectivity index (χ3v) is 2.37. The Morgan fingerprint density at radius 2 is 2.00 bits per heavy atom. The third kappa shape index (κ3) is 1.77. The van der Waals surface area contributed by atoms with Gasteiger partial charge in [-0.1, -0.05) is 0 Å². The van der Waals surface area contributed by atoms with Gasteiger partial charge in [0.15, 0.2) is 5.60 Å². The summed E-state index contributed by atoms with van der Waals surface area (Å²) in [7, 11) is 0.